The molecule has 8 nitrogen and oxygen atoms in total. The summed E-state index contributed by atoms with van der Waals surface area (Å²) in [5, 5.41) is 11.1. The second kappa shape index (κ2) is 13.4. The predicted molar refractivity (Wildman–Crippen MR) is 162 cm³/mol. The lowest BCUT2D eigenvalue weighted by atomic mass is 9.79. The molecule has 1 fully saturated rings. The fourth-order valence-electron chi connectivity index (χ4n) is 5.06. The molecule has 222 valence electrons. The van der Waals surface area contributed by atoms with E-state index in [0.29, 0.717) is 32.0 Å². The van der Waals surface area contributed by atoms with Crippen LogP contribution < -0.4 is 4.74 Å². The Kier molecular flexibility index (Phi) is 10.7. The number of rotatable bonds is 13. The molecular formula is C31H50N4O4Si. The summed E-state index contributed by atoms with van der Waals surface area (Å²) in [5.41, 5.74) is 0.917. The third kappa shape index (κ3) is 7.60. The zero-order valence-electron chi connectivity index (χ0n) is 25.9. The van der Waals surface area contributed by atoms with E-state index in [9.17, 15) is 9.90 Å². The lowest BCUT2D eigenvalue weighted by Gasteiger charge is -2.37. The molecule has 0 unspecified atom stereocenters. The zero-order valence-corrected chi connectivity index (χ0v) is 26.9. The maximum Gasteiger partial charge on any atom is 0.276 e. The first kappa shape index (κ1) is 32.0. The minimum atomic E-state index is -1.97. The highest BCUT2D eigenvalue weighted by atomic mass is 28.4. The number of carbonyl (C=O) groups excluding carboxylic acids is 1. The van der Waals surface area contributed by atoms with Gasteiger partial charge in [0.05, 0.1) is 13.2 Å². The molecule has 0 bridgehead atoms. The van der Waals surface area contributed by atoms with Crippen molar-refractivity contribution in [3.63, 3.8) is 0 Å². The number of hydrogen-bond acceptors (Lipinski definition) is 7. The van der Waals surface area contributed by atoms with Gasteiger partial charge in [-0.15, -0.1) is 0 Å². The van der Waals surface area contributed by atoms with Gasteiger partial charge in [0.2, 0.25) is 5.75 Å². The van der Waals surface area contributed by atoms with Crippen LogP contribution in [-0.2, 0) is 16.3 Å². The smallest absolute Gasteiger partial charge is 0.276 e. The van der Waals surface area contributed by atoms with Crippen LogP contribution in [0.4, 0.5) is 0 Å². The van der Waals surface area contributed by atoms with Gasteiger partial charge in [-0.25, -0.2) is 4.98 Å². The Morgan fingerprint density at radius 2 is 1.85 bits per heavy atom. The van der Waals surface area contributed by atoms with E-state index in [1.165, 1.54) is 0 Å². The van der Waals surface area contributed by atoms with Crippen LogP contribution in [0.5, 0.6) is 11.6 Å². The van der Waals surface area contributed by atoms with E-state index in [-0.39, 0.29) is 39.7 Å². The molecule has 0 aromatic carbocycles. The van der Waals surface area contributed by atoms with Gasteiger partial charge in [0.25, 0.3) is 11.8 Å². The Balaban J connectivity index is 1.95. The van der Waals surface area contributed by atoms with Crippen LogP contribution in [0.1, 0.15) is 102 Å². The number of aromatic hydroxyl groups is 1. The van der Waals surface area contributed by atoms with Crippen molar-refractivity contribution in [2.24, 2.45) is 0 Å². The summed E-state index contributed by atoms with van der Waals surface area (Å²) in [4.78, 5) is 29.8. The van der Waals surface area contributed by atoms with Crippen LogP contribution in [0.15, 0.2) is 24.4 Å². The molecule has 0 saturated heterocycles. The monoisotopic (exact) mass is 570 g/mol. The van der Waals surface area contributed by atoms with Crippen molar-refractivity contribution in [2.75, 3.05) is 19.8 Å². The van der Waals surface area contributed by atoms with Gasteiger partial charge in [-0.05, 0) is 63.4 Å². The van der Waals surface area contributed by atoms with Gasteiger partial charge in [-0.3, -0.25) is 9.78 Å². The maximum atomic E-state index is 14.1. The number of hydrogen-bond donors (Lipinski definition) is 1. The molecule has 2 aromatic heterocycles. The third-order valence-electron chi connectivity index (χ3n) is 8.59. The van der Waals surface area contributed by atoms with E-state index >= 15 is 0 Å². The molecule has 0 aliphatic heterocycles. The Morgan fingerprint density at radius 3 is 2.42 bits per heavy atom. The molecule has 40 heavy (non-hydrogen) atoms. The summed E-state index contributed by atoms with van der Waals surface area (Å²) in [7, 11) is -1.97. The fourth-order valence-corrected chi connectivity index (χ4v) is 6.09. The predicted octanol–water partition coefficient (Wildman–Crippen LogP) is 6.68. The van der Waals surface area contributed by atoms with Crippen molar-refractivity contribution < 1.29 is 19.1 Å². The third-order valence-corrected chi connectivity index (χ3v) is 13.1. The molecule has 2 aromatic rings. The van der Waals surface area contributed by atoms with Crippen molar-refractivity contribution in [3.8, 4) is 11.6 Å². The standard InChI is InChI=1S/C31H50N4O4Si/c1-9-10-20-38-27-26(29(37)35(23(2)3)19-21-39-40(7,8)30(4,5)6)33-25(34-28(27)36)22-31(16-12-13-17-31)24-15-11-14-18-32-24/h11,14-15,18,23H,9-10,12-13,16-17,19-22H2,1-8H3,(H,33,34,36). The lowest BCUT2D eigenvalue weighted by molar-refractivity contribution is 0.0656. The molecule has 1 aliphatic carbocycles. The molecule has 0 spiro atoms. The highest BCUT2D eigenvalue weighted by molar-refractivity contribution is 6.74. The van der Waals surface area contributed by atoms with Crippen molar-refractivity contribution in [3.05, 3.63) is 41.6 Å². The van der Waals surface area contributed by atoms with Crippen LogP contribution in [0.25, 0.3) is 0 Å². The van der Waals surface area contributed by atoms with E-state index in [1.807, 2.05) is 32.2 Å². The normalized spacial score (nSPS) is 15.4. The average molecular weight is 571 g/mol. The van der Waals surface area contributed by atoms with E-state index in [2.05, 4.69) is 56.8 Å². The highest BCUT2D eigenvalue weighted by Crippen LogP contribution is 2.43. The number of unbranched alkanes of at least 4 members (excludes halogenated alkanes) is 1. The zero-order chi connectivity index (χ0) is 29.6. The summed E-state index contributed by atoms with van der Waals surface area (Å²) in [6.45, 7) is 18.3. The van der Waals surface area contributed by atoms with Crippen LogP contribution in [0.3, 0.4) is 0 Å². The molecule has 1 aliphatic rings. The number of ether oxygens (including phenoxy) is 1. The summed E-state index contributed by atoms with van der Waals surface area (Å²) in [5.74, 6) is -0.0496. The van der Waals surface area contributed by atoms with E-state index < -0.39 is 8.32 Å². The summed E-state index contributed by atoms with van der Waals surface area (Å²) in [6.07, 6.45) is 8.18. The SMILES string of the molecule is CCCCOc1c(O)nc(CC2(c3ccccn3)CCCC2)nc1C(=O)N(CCO[Si](C)(C)C(C)(C)C)C(C)C. The van der Waals surface area contributed by atoms with Gasteiger partial charge in [-0.1, -0.05) is 53.0 Å². The summed E-state index contributed by atoms with van der Waals surface area (Å²) < 4.78 is 12.3. The van der Waals surface area contributed by atoms with Crippen LogP contribution in [0, 0.1) is 0 Å². The number of amides is 1. The van der Waals surface area contributed by atoms with Crippen molar-refractivity contribution in [2.45, 2.75) is 116 Å². The molecule has 1 saturated carbocycles. The van der Waals surface area contributed by atoms with Crippen LogP contribution in [0.2, 0.25) is 18.1 Å². The topological polar surface area (TPSA) is 97.7 Å². The van der Waals surface area contributed by atoms with Crippen LogP contribution in [-0.4, -0.2) is 65.0 Å². The number of nitrogens with zero attached hydrogens (tertiary/aromatic N) is 4. The van der Waals surface area contributed by atoms with Gasteiger partial charge < -0.3 is 19.2 Å². The fraction of sp³-hybridized carbons (Fsp3) is 0.677. The molecule has 9 heteroatoms. The molecule has 1 N–H and O–H groups in total. The first-order chi connectivity index (χ1) is 18.8. The Morgan fingerprint density at radius 1 is 1.15 bits per heavy atom. The lowest BCUT2D eigenvalue weighted by Crippen LogP contribution is -2.45. The molecule has 0 radical (unpaired) electrons. The summed E-state index contributed by atoms with van der Waals surface area (Å²) in [6, 6.07) is 5.90. The minimum Gasteiger partial charge on any atom is -0.491 e. The van der Waals surface area contributed by atoms with E-state index in [4.69, 9.17) is 14.1 Å². The second-order valence-electron chi connectivity index (χ2n) is 12.9. The number of aromatic nitrogens is 3. The molecular weight excluding hydrogens is 520 g/mol. The first-order valence-electron chi connectivity index (χ1n) is 14.9. The maximum absolute atomic E-state index is 14.1. The van der Waals surface area contributed by atoms with Crippen molar-refractivity contribution >= 4 is 14.2 Å². The highest BCUT2D eigenvalue weighted by Gasteiger charge is 2.40. The Bertz CT molecular complexity index is 1110. The number of carbonyl (C=O) groups is 1. The van der Waals surface area contributed by atoms with Gasteiger partial charge in [0.1, 0.15) is 5.82 Å². The molecule has 2 heterocycles. The van der Waals surface area contributed by atoms with Crippen molar-refractivity contribution in [1.29, 1.82) is 0 Å². The van der Waals surface area contributed by atoms with Gasteiger partial charge in [0, 0.05) is 36.3 Å². The molecule has 3 rings (SSSR count). The minimum absolute atomic E-state index is 0.0662. The van der Waals surface area contributed by atoms with Crippen molar-refractivity contribution in [1.82, 2.24) is 19.9 Å². The van der Waals surface area contributed by atoms with Gasteiger partial charge in [-0.2, -0.15) is 4.98 Å². The second-order valence-corrected chi connectivity index (χ2v) is 17.7. The van der Waals surface area contributed by atoms with Gasteiger partial charge >= 0.3 is 0 Å². The van der Waals surface area contributed by atoms with E-state index in [0.717, 1.165) is 44.2 Å². The van der Waals surface area contributed by atoms with Crippen LogP contribution >= 0.6 is 0 Å². The first-order valence-corrected chi connectivity index (χ1v) is 17.8. The van der Waals surface area contributed by atoms with E-state index in [1.54, 1.807) is 4.90 Å². The Hall–Kier alpha value is -2.52. The average Bonchev–Trinajstić information content (AvgIpc) is 3.36. The quantitative estimate of drug-likeness (QED) is 0.212. The summed E-state index contributed by atoms with van der Waals surface area (Å²) >= 11 is 0. The Labute approximate surface area is 242 Å². The number of pyridine rings is 1. The van der Waals surface area contributed by atoms with Gasteiger partial charge in [0.15, 0.2) is 14.0 Å². The molecule has 0 atom stereocenters. The largest absolute Gasteiger partial charge is 0.491 e. The molecule has 1 amide bonds.